The van der Waals surface area contributed by atoms with E-state index in [9.17, 15) is 8.42 Å². The molecule has 0 radical (unpaired) electrons. The number of aromatic amines is 1. The van der Waals surface area contributed by atoms with Gasteiger partial charge in [-0.1, -0.05) is 18.2 Å². The smallest absolute Gasteiger partial charge is 0.216 e. The predicted molar refractivity (Wildman–Crippen MR) is 108 cm³/mol. The standard InChI is InChI=1S/C20H25N3O3S/c1-21-9-8-17-13-22-20-7-6-16(11-19(17)20)14-27(24,25)23-12-15-4-3-5-18(10-15)26-2/h3-7,10-11,13,21-23H,8-9,12,14H2,1-2H3. The molecule has 0 aliphatic rings. The van der Waals surface area contributed by atoms with Gasteiger partial charge in [0.2, 0.25) is 10.0 Å². The van der Waals surface area contributed by atoms with E-state index in [0.717, 1.165) is 35.0 Å². The summed E-state index contributed by atoms with van der Waals surface area (Å²) in [7, 11) is 0.0588. The molecular weight excluding hydrogens is 362 g/mol. The highest BCUT2D eigenvalue weighted by atomic mass is 32.2. The molecule has 0 unspecified atom stereocenters. The van der Waals surface area contributed by atoms with Gasteiger partial charge in [-0.3, -0.25) is 0 Å². The monoisotopic (exact) mass is 387 g/mol. The van der Waals surface area contributed by atoms with Crippen molar-refractivity contribution in [1.29, 1.82) is 0 Å². The first-order valence-corrected chi connectivity index (χ1v) is 10.5. The van der Waals surface area contributed by atoms with Crippen LogP contribution in [0, 0.1) is 0 Å². The Morgan fingerprint density at radius 1 is 1.11 bits per heavy atom. The zero-order valence-electron chi connectivity index (χ0n) is 15.6. The highest BCUT2D eigenvalue weighted by Crippen LogP contribution is 2.21. The number of ether oxygens (including phenoxy) is 1. The van der Waals surface area contributed by atoms with E-state index in [0.29, 0.717) is 5.75 Å². The SMILES string of the molecule is CNCCc1c[nH]c2ccc(CS(=O)(=O)NCc3cccc(OC)c3)cc12. The average Bonchev–Trinajstić information content (AvgIpc) is 3.07. The molecule has 1 heterocycles. The first kappa shape index (κ1) is 19.4. The highest BCUT2D eigenvalue weighted by Gasteiger charge is 2.13. The van der Waals surface area contributed by atoms with Gasteiger partial charge in [-0.05, 0) is 61.0 Å². The summed E-state index contributed by atoms with van der Waals surface area (Å²) in [6.07, 6.45) is 2.88. The van der Waals surface area contributed by atoms with Crippen molar-refractivity contribution in [1.82, 2.24) is 15.0 Å². The van der Waals surface area contributed by atoms with Crippen molar-refractivity contribution >= 4 is 20.9 Å². The van der Waals surface area contributed by atoms with E-state index < -0.39 is 10.0 Å². The maximum Gasteiger partial charge on any atom is 0.216 e. The molecule has 0 saturated carbocycles. The zero-order chi connectivity index (χ0) is 19.3. The van der Waals surface area contributed by atoms with Crippen LogP contribution in [0.3, 0.4) is 0 Å². The topological polar surface area (TPSA) is 83.2 Å². The van der Waals surface area contributed by atoms with Crippen LogP contribution in [-0.4, -0.2) is 34.1 Å². The van der Waals surface area contributed by atoms with Crippen molar-refractivity contribution in [2.45, 2.75) is 18.7 Å². The molecule has 1 aromatic heterocycles. The normalized spacial score (nSPS) is 11.8. The van der Waals surface area contributed by atoms with E-state index >= 15 is 0 Å². The number of aromatic nitrogens is 1. The van der Waals surface area contributed by atoms with Crippen LogP contribution >= 0.6 is 0 Å². The number of nitrogens with one attached hydrogen (secondary N) is 3. The number of hydrogen-bond donors (Lipinski definition) is 3. The van der Waals surface area contributed by atoms with Gasteiger partial charge in [-0.15, -0.1) is 0 Å². The van der Waals surface area contributed by atoms with Crippen LogP contribution in [0.1, 0.15) is 16.7 Å². The summed E-state index contributed by atoms with van der Waals surface area (Å²) in [6.45, 7) is 1.11. The van der Waals surface area contributed by atoms with Crippen molar-refractivity contribution in [3.8, 4) is 5.75 Å². The Balaban J connectivity index is 1.70. The number of hydrogen-bond acceptors (Lipinski definition) is 4. The summed E-state index contributed by atoms with van der Waals surface area (Å²) in [5, 5.41) is 4.21. The van der Waals surface area contributed by atoms with E-state index in [2.05, 4.69) is 15.0 Å². The van der Waals surface area contributed by atoms with Crippen LogP contribution < -0.4 is 14.8 Å². The number of fused-ring (bicyclic) bond motifs is 1. The molecule has 0 aliphatic carbocycles. The first-order chi connectivity index (χ1) is 13.0. The van der Waals surface area contributed by atoms with Crippen molar-refractivity contribution in [2.75, 3.05) is 20.7 Å². The first-order valence-electron chi connectivity index (χ1n) is 8.84. The third kappa shape index (κ3) is 5.09. The largest absolute Gasteiger partial charge is 0.497 e. The molecule has 0 aliphatic heterocycles. The quantitative estimate of drug-likeness (QED) is 0.527. The van der Waals surface area contributed by atoms with Gasteiger partial charge in [0.15, 0.2) is 0 Å². The molecule has 27 heavy (non-hydrogen) atoms. The minimum atomic E-state index is -3.45. The van der Waals surface area contributed by atoms with Crippen LogP contribution in [0.15, 0.2) is 48.7 Å². The summed E-state index contributed by atoms with van der Waals surface area (Å²) in [4.78, 5) is 3.24. The van der Waals surface area contributed by atoms with Crippen LogP contribution in [-0.2, 0) is 28.7 Å². The highest BCUT2D eigenvalue weighted by molar-refractivity contribution is 7.88. The average molecular weight is 388 g/mol. The number of H-pyrrole nitrogens is 1. The second kappa shape index (κ2) is 8.56. The zero-order valence-corrected chi connectivity index (χ0v) is 16.4. The third-order valence-electron chi connectivity index (χ3n) is 4.46. The van der Waals surface area contributed by atoms with E-state index in [1.165, 1.54) is 5.56 Å². The van der Waals surface area contributed by atoms with Gasteiger partial charge in [0.1, 0.15) is 5.75 Å². The summed E-state index contributed by atoms with van der Waals surface area (Å²) in [6, 6.07) is 13.1. The molecule has 144 valence electrons. The minimum absolute atomic E-state index is 0.0520. The maximum absolute atomic E-state index is 12.5. The van der Waals surface area contributed by atoms with Gasteiger partial charge in [-0.25, -0.2) is 13.1 Å². The Kier molecular flexibility index (Phi) is 6.15. The van der Waals surface area contributed by atoms with Crippen LogP contribution in [0.2, 0.25) is 0 Å². The van der Waals surface area contributed by atoms with Crippen molar-refractivity contribution < 1.29 is 13.2 Å². The summed E-state index contributed by atoms with van der Waals surface area (Å²) in [5.41, 5.74) is 3.83. The second-order valence-electron chi connectivity index (χ2n) is 6.48. The number of sulfonamides is 1. The van der Waals surface area contributed by atoms with Gasteiger partial charge in [-0.2, -0.15) is 0 Å². The number of likely N-dealkylation sites (N-methyl/N-ethyl adjacent to an activating group) is 1. The molecule has 3 rings (SSSR count). The molecule has 3 N–H and O–H groups in total. The van der Waals surface area contributed by atoms with Crippen molar-refractivity contribution in [3.63, 3.8) is 0 Å². The Labute approximate surface area is 160 Å². The second-order valence-corrected chi connectivity index (χ2v) is 8.29. The lowest BCUT2D eigenvalue weighted by atomic mass is 10.1. The number of methoxy groups -OCH3 is 1. The molecule has 3 aromatic rings. The summed E-state index contributed by atoms with van der Waals surface area (Å²) in [5.74, 6) is 0.655. The van der Waals surface area contributed by atoms with E-state index in [4.69, 9.17) is 4.74 Å². The summed E-state index contributed by atoms with van der Waals surface area (Å²) >= 11 is 0. The molecule has 0 bridgehead atoms. The van der Waals surface area contributed by atoms with E-state index in [1.807, 2.05) is 55.7 Å². The van der Waals surface area contributed by atoms with Crippen LogP contribution in [0.25, 0.3) is 10.9 Å². The molecule has 0 atom stereocenters. The summed E-state index contributed by atoms with van der Waals surface area (Å²) < 4.78 is 32.8. The fraction of sp³-hybridized carbons (Fsp3) is 0.300. The molecule has 0 spiro atoms. The third-order valence-corrected chi connectivity index (χ3v) is 5.76. The van der Waals surface area contributed by atoms with Gasteiger partial charge in [0.25, 0.3) is 0 Å². The lowest BCUT2D eigenvalue weighted by molar-refractivity contribution is 0.414. The number of rotatable bonds is 9. The van der Waals surface area contributed by atoms with Gasteiger partial charge < -0.3 is 15.0 Å². The minimum Gasteiger partial charge on any atom is -0.497 e. The van der Waals surface area contributed by atoms with Crippen LogP contribution in [0.4, 0.5) is 0 Å². The Morgan fingerprint density at radius 3 is 2.74 bits per heavy atom. The molecule has 7 heteroatoms. The maximum atomic E-state index is 12.5. The molecule has 0 amide bonds. The molecule has 2 aromatic carbocycles. The lowest BCUT2D eigenvalue weighted by Gasteiger charge is -2.09. The Bertz CT molecular complexity index is 1010. The fourth-order valence-corrected chi connectivity index (χ4v) is 4.14. The van der Waals surface area contributed by atoms with Crippen molar-refractivity contribution in [3.05, 3.63) is 65.4 Å². The number of benzene rings is 2. The fourth-order valence-electron chi connectivity index (χ4n) is 3.03. The Hall–Kier alpha value is -2.35. The van der Waals surface area contributed by atoms with Crippen LogP contribution in [0.5, 0.6) is 5.75 Å². The predicted octanol–water partition coefficient (Wildman–Crippen LogP) is 2.56. The lowest BCUT2D eigenvalue weighted by Crippen LogP contribution is -2.24. The molecule has 6 nitrogen and oxygen atoms in total. The Morgan fingerprint density at radius 2 is 1.96 bits per heavy atom. The van der Waals surface area contributed by atoms with Gasteiger partial charge >= 0.3 is 0 Å². The van der Waals surface area contributed by atoms with Gasteiger partial charge in [0.05, 0.1) is 12.9 Å². The van der Waals surface area contributed by atoms with Crippen molar-refractivity contribution in [2.24, 2.45) is 0 Å². The molecular formula is C20H25N3O3S. The molecule has 0 fully saturated rings. The van der Waals surface area contributed by atoms with E-state index in [-0.39, 0.29) is 12.3 Å². The van der Waals surface area contributed by atoms with Gasteiger partial charge in [0, 0.05) is 23.6 Å². The molecule has 0 saturated heterocycles. The van der Waals surface area contributed by atoms with E-state index in [1.54, 1.807) is 7.11 Å².